The summed E-state index contributed by atoms with van der Waals surface area (Å²) in [7, 11) is 0. The Morgan fingerprint density at radius 2 is 2.00 bits per heavy atom. The Kier molecular flexibility index (Phi) is 4.63. The molecule has 1 aliphatic rings. The first-order chi connectivity index (χ1) is 10.1. The van der Waals surface area contributed by atoms with Gasteiger partial charge < -0.3 is 5.32 Å². The van der Waals surface area contributed by atoms with E-state index in [-0.39, 0.29) is 5.82 Å². The molecule has 1 nitrogen and oxygen atoms in total. The van der Waals surface area contributed by atoms with E-state index in [9.17, 15) is 4.39 Å². The Labute approximate surface area is 137 Å². The number of rotatable bonds is 4. The van der Waals surface area contributed by atoms with Gasteiger partial charge in [-0.2, -0.15) is 0 Å². The number of hydrogen-bond acceptors (Lipinski definition) is 1. The van der Waals surface area contributed by atoms with Crippen LogP contribution in [0.3, 0.4) is 0 Å². The first-order valence-electron chi connectivity index (χ1n) is 7.04. The van der Waals surface area contributed by atoms with Gasteiger partial charge in [0.2, 0.25) is 0 Å². The van der Waals surface area contributed by atoms with Gasteiger partial charge in [-0.05, 0) is 54.7 Å². The highest BCUT2D eigenvalue weighted by Gasteiger charge is 2.29. The van der Waals surface area contributed by atoms with Crippen LogP contribution in [0, 0.1) is 5.82 Å². The molecule has 110 valence electrons. The van der Waals surface area contributed by atoms with Crippen molar-refractivity contribution in [1.29, 1.82) is 0 Å². The third kappa shape index (κ3) is 3.65. The van der Waals surface area contributed by atoms with Crippen molar-refractivity contribution < 1.29 is 4.39 Å². The van der Waals surface area contributed by atoms with Crippen LogP contribution in [0.1, 0.15) is 29.9 Å². The Morgan fingerprint density at radius 1 is 1.19 bits per heavy atom. The smallest absolute Gasteiger partial charge is 0.127 e. The molecule has 0 spiro atoms. The second kappa shape index (κ2) is 6.47. The minimum Gasteiger partial charge on any atom is -0.310 e. The third-order valence-electron chi connectivity index (χ3n) is 4.05. The Bertz CT molecular complexity index is 640. The van der Waals surface area contributed by atoms with E-state index in [0.29, 0.717) is 24.1 Å². The summed E-state index contributed by atoms with van der Waals surface area (Å²) in [6.07, 6.45) is 2.16. The van der Waals surface area contributed by atoms with Gasteiger partial charge >= 0.3 is 0 Å². The monoisotopic (exact) mass is 367 g/mol. The van der Waals surface area contributed by atoms with E-state index in [1.807, 2.05) is 24.3 Å². The van der Waals surface area contributed by atoms with Gasteiger partial charge in [0.15, 0.2) is 0 Å². The second-order valence-electron chi connectivity index (χ2n) is 5.54. The molecule has 0 saturated heterocycles. The number of halogens is 3. The minimum atomic E-state index is -0.156. The predicted octanol–water partition coefficient (Wildman–Crippen LogP) is 5.28. The average Bonchev–Trinajstić information content (AvgIpc) is 2.41. The molecule has 0 bridgehead atoms. The van der Waals surface area contributed by atoms with Gasteiger partial charge in [-0.25, -0.2) is 4.39 Å². The maximum Gasteiger partial charge on any atom is 0.127 e. The van der Waals surface area contributed by atoms with Crippen molar-refractivity contribution in [3.63, 3.8) is 0 Å². The van der Waals surface area contributed by atoms with Crippen molar-refractivity contribution in [2.24, 2.45) is 0 Å². The van der Waals surface area contributed by atoms with Gasteiger partial charge in [0, 0.05) is 27.6 Å². The molecule has 4 heteroatoms. The number of hydrogen-bond donors (Lipinski definition) is 1. The van der Waals surface area contributed by atoms with E-state index >= 15 is 0 Å². The van der Waals surface area contributed by atoms with Crippen LogP contribution in [0.15, 0.2) is 46.9 Å². The van der Waals surface area contributed by atoms with Gasteiger partial charge in [-0.3, -0.25) is 0 Å². The lowest BCUT2D eigenvalue weighted by Crippen LogP contribution is -2.39. The molecule has 0 atom stereocenters. The molecule has 2 aromatic carbocycles. The predicted molar refractivity (Wildman–Crippen MR) is 88.2 cm³/mol. The zero-order valence-corrected chi connectivity index (χ0v) is 13.8. The Morgan fingerprint density at radius 3 is 2.76 bits per heavy atom. The molecule has 1 N–H and O–H groups in total. The summed E-state index contributed by atoms with van der Waals surface area (Å²) < 4.78 is 14.6. The van der Waals surface area contributed by atoms with Crippen LogP contribution in [-0.4, -0.2) is 6.04 Å². The quantitative estimate of drug-likeness (QED) is 0.774. The van der Waals surface area contributed by atoms with Gasteiger partial charge in [-0.15, -0.1) is 0 Å². The van der Waals surface area contributed by atoms with Crippen LogP contribution in [0.2, 0.25) is 5.02 Å². The lowest BCUT2D eigenvalue weighted by Gasteiger charge is -2.36. The molecule has 0 aromatic heterocycles. The summed E-state index contributed by atoms with van der Waals surface area (Å²) in [6.45, 7) is 0.568. The van der Waals surface area contributed by atoms with Crippen LogP contribution in [0.5, 0.6) is 0 Å². The Balaban J connectivity index is 1.52. The van der Waals surface area contributed by atoms with Crippen molar-refractivity contribution in [2.75, 3.05) is 0 Å². The fourth-order valence-electron chi connectivity index (χ4n) is 2.75. The van der Waals surface area contributed by atoms with Gasteiger partial charge in [0.25, 0.3) is 0 Å². The van der Waals surface area contributed by atoms with E-state index in [1.165, 1.54) is 11.6 Å². The SMILES string of the molecule is Fc1ccc(Br)cc1CNC1CC(c2cccc(Cl)c2)C1. The lowest BCUT2D eigenvalue weighted by atomic mass is 9.76. The molecule has 1 fully saturated rings. The van der Waals surface area contributed by atoms with E-state index in [4.69, 9.17) is 11.6 Å². The number of nitrogens with one attached hydrogen (secondary N) is 1. The molecular weight excluding hydrogens is 353 g/mol. The van der Waals surface area contributed by atoms with E-state index in [2.05, 4.69) is 27.3 Å². The lowest BCUT2D eigenvalue weighted by molar-refractivity contribution is 0.288. The molecular formula is C17H16BrClFN. The molecule has 1 aliphatic carbocycles. The summed E-state index contributed by atoms with van der Waals surface area (Å²) in [5.41, 5.74) is 2.00. The molecule has 2 aromatic rings. The van der Waals surface area contributed by atoms with Gasteiger partial charge in [0.05, 0.1) is 0 Å². The highest BCUT2D eigenvalue weighted by molar-refractivity contribution is 9.10. The third-order valence-corrected chi connectivity index (χ3v) is 4.78. The fourth-order valence-corrected chi connectivity index (χ4v) is 3.36. The highest BCUT2D eigenvalue weighted by atomic mass is 79.9. The summed E-state index contributed by atoms with van der Waals surface area (Å²) in [5, 5.41) is 4.22. The standard InChI is InChI=1S/C17H16BrClFN/c18-14-4-5-17(20)13(6-14)10-21-16-8-12(9-16)11-2-1-3-15(19)7-11/h1-7,12,16,21H,8-10H2. The molecule has 3 rings (SSSR count). The molecule has 0 unspecified atom stereocenters. The largest absolute Gasteiger partial charge is 0.310 e. The van der Waals surface area contributed by atoms with Crippen LogP contribution >= 0.6 is 27.5 Å². The summed E-state index contributed by atoms with van der Waals surface area (Å²) in [6, 6.07) is 13.6. The van der Waals surface area contributed by atoms with Gasteiger partial charge in [-0.1, -0.05) is 39.7 Å². The molecule has 0 amide bonds. The number of benzene rings is 2. The van der Waals surface area contributed by atoms with Crippen molar-refractivity contribution in [2.45, 2.75) is 31.3 Å². The highest BCUT2D eigenvalue weighted by Crippen LogP contribution is 2.37. The molecule has 0 radical (unpaired) electrons. The van der Waals surface area contributed by atoms with Crippen molar-refractivity contribution in [3.05, 3.63) is 68.9 Å². The summed E-state index contributed by atoms with van der Waals surface area (Å²) in [5.74, 6) is 0.407. The van der Waals surface area contributed by atoms with Crippen LogP contribution in [-0.2, 0) is 6.54 Å². The first kappa shape index (κ1) is 15.0. The molecule has 1 saturated carbocycles. The fraction of sp³-hybridized carbons (Fsp3) is 0.294. The second-order valence-corrected chi connectivity index (χ2v) is 6.89. The maximum atomic E-state index is 13.7. The van der Waals surface area contributed by atoms with Crippen molar-refractivity contribution in [1.82, 2.24) is 5.32 Å². The molecule has 0 heterocycles. The normalized spacial score (nSPS) is 21.1. The summed E-state index contributed by atoms with van der Waals surface area (Å²) >= 11 is 9.39. The average molecular weight is 369 g/mol. The van der Waals surface area contributed by atoms with E-state index in [0.717, 1.165) is 22.3 Å². The topological polar surface area (TPSA) is 12.0 Å². The zero-order chi connectivity index (χ0) is 14.8. The van der Waals surface area contributed by atoms with Gasteiger partial charge in [0.1, 0.15) is 5.82 Å². The Hall–Kier alpha value is -0.900. The van der Waals surface area contributed by atoms with Crippen molar-refractivity contribution >= 4 is 27.5 Å². The maximum absolute atomic E-state index is 13.7. The molecule has 0 aliphatic heterocycles. The van der Waals surface area contributed by atoms with Crippen LogP contribution < -0.4 is 5.32 Å². The first-order valence-corrected chi connectivity index (χ1v) is 8.21. The summed E-state index contributed by atoms with van der Waals surface area (Å²) in [4.78, 5) is 0. The van der Waals surface area contributed by atoms with E-state index in [1.54, 1.807) is 6.07 Å². The zero-order valence-electron chi connectivity index (χ0n) is 11.5. The van der Waals surface area contributed by atoms with E-state index < -0.39 is 0 Å². The van der Waals surface area contributed by atoms with Crippen LogP contribution in [0.4, 0.5) is 4.39 Å². The molecule has 21 heavy (non-hydrogen) atoms. The minimum absolute atomic E-state index is 0.156. The van der Waals surface area contributed by atoms with Crippen molar-refractivity contribution in [3.8, 4) is 0 Å². The van der Waals surface area contributed by atoms with Crippen LogP contribution in [0.25, 0.3) is 0 Å².